The van der Waals surface area contributed by atoms with Gasteiger partial charge in [-0.05, 0) is 33.1 Å². The highest BCUT2D eigenvalue weighted by atomic mass is 16.6. The van der Waals surface area contributed by atoms with E-state index >= 15 is 0 Å². The molecule has 0 radical (unpaired) electrons. The van der Waals surface area contributed by atoms with Gasteiger partial charge < -0.3 is 9.47 Å². The predicted octanol–water partition coefficient (Wildman–Crippen LogP) is 2.48. The van der Waals surface area contributed by atoms with E-state index in [0.717, 1.165) is 12.8 Å². The molecule has 1 fully saturated rings. The lowest BCUT2D eigenvalue weighted by Crippen LogP contribution is -2.53. The summed E-state index contributed by atoms with van der Waals surface area (Å²) in [6.07, 6.45) is 6.16. The lowest BCUT2D eigenvalue weighted by atomic mass is 9.59. The third-order valence-corrected chi connectivity index (χ3v) is 3.37. The van der Waals surface area contributed by atoms with E-state index in [1.54, 1.807) is 13.8 Å². The van der Waals surface area contributed by atoms with Crippen molar-refractivity contribution in [3.05, 3.63) is 12.2 Å². The maximum absolute atomic E-state index is 12.1. The van der Waals surface area contributed by atoms with Crippen molar-refractivity contribution in [1.29, 1.82) is 0 Å². The molecular weight excluding hydrogens is 232 g/mol. The number of esters is 2. The summed E-state index contributed by atoms with van der Waals surface area (Å²) in [5.74, 6) is -0.976. The Morgan fingerprint density at radius 1 is 1.17 bits per heavy atom. The molecule has 102 valence electrons. The Morgan fingerprint density at radius 2 is 1.72 bits per heavy atom. The van der Waals surface area contributed by atoms with Gasteiger partial charge in [0.2, 0.25) is 0 Å². The summed E-state index contributed by atoms with van der Waals surface area (Å²) in [6, 6.07) is 0. The molecule has 18 heavy (non-hydrogen) atoms. The number of rotatable bonds is 6. The lowest BCUT2D eigenvalue weighted by Gasteiger charge is -2.43. The zero-order valence-corrected chi connectivity index (χ0v) is 11.4. The van der Waals surface area contributed by atoms with Crippen LogP contribution in [0.1, 0.15) is 40.0 Å². The molecule has 1 rings (SSSR count). The fraction of sp³-hybridized carbons (Fsp3) is 0.714. The zero-order chi connectivity index (χ0) is 13.6. The fourth-order valence-electron chi connectivity index (χ4n) is 2.27. The minimum Gasteiger partial charge on any atom is -0.465 e. The average molecular weight is 254 g/mol. The Morgan fingerprint density at radius 3 is 2.06 bits per heavy atom. The Labute approximate surface area is 108 Å². The van der Waals surface area contributed by atoms with Crippen LogP contribution < -0.4 is 0 Å². The summed E-state index contributed by atoms with van der Waals surface area (Å²) < 4.78 is 10.1. The Bertz CT molecular complexity index is 315. The van der Waals surface area contributed by atoms with E-state index < -0.39 is 17.4 Å². The molecule has 0 aromatic rings. The average Bonchev–Trinajstić information content (AvgIpc) is 2.29. The second-order valence-electron chi connectivity index (χ2n) is 4.39. The Hall–Kier alpha value is -1.32. The SMILES string of the molecule is CC/C=C/[C@H]1CCC1(C(=O)OCC)C(=O)OCC. The third-order valence-electron chi connectivity index (χ3n) is 3.37. The van der Waals surface area contributed by atoms with Crippen molar-refractivity contribution >= 4 is 11.9 Å². The van der Waals surface area contributed by atoms with Gasteiger partial charge in [-0.25, -0.2) is 0 Å². The number of carbonyl (C=O) groups excluding carboxylic acids is 2. The highest BCUT2D eigenvalue weighted by Crippen LogP contribution is 2.49. The van der Waals surface area contributed by atoms with Crippen LogP contribution in [0.4, 0.5) is 0 Å². The Balaban J connectivity index is 2.91. The lowest BCUT2D eigenvalue weighted by molar-refractivity contribution is -0.183. The molecule has 0 aromatic heterocycles. The molecule has 0 aliphatic heterocycles. The molecule has 1 saturated carbocycles. The molecule has 0 unspecified atom stereocenters. The van der Waals surface area contributed by atoms with Crippen molar-refractivity contribution in [2.24, 2.45) is 11.3 Å². The molecule has 0 amide bonds. The highest BCUT2D eigenvalue weighted by molar-refractivity contribution is 6.01. The first kappa shape index (κ1) is 14.7. The third kappa shape index (κ3) is 2.57. The normalized spacial score (nSPS) is 21.4. The molecule has 1 atom stereocenters. The van der Waals surface area contributed by atoms with Gasteiger partial charge in [-0.1, -0.05) is 19.1 Å². The largest absolute Gasteiger partial charge is 0.465 e. The monoisotopic (exact) mass is 254 g/mol. The zero-order valence-electron chi connectivity index (χ0n) is 11.4. The van der Waals surface area contributed by atoms with Crippen LogP contribution in [0.5, 0.6) is 0 Å². The van der Waals surface area contributed by atoms with Crippen LogP contribution in [0.2, 0.25) is 0 Å². The maximum atomic E-state index is 12.1. The van der Waals surface area contributed by atoms with Gasteiger partial charge in [-0.3, -0.25) is 9.59 Å². The predicted molar refractivity (Wildman–Crippen MR) is 67.9 cm³/mol. The number of allylic oxidation sites excluding steroid dienone is 2. The molecule has 0 aromatic carbocycles. The summed E-state index contributed by atoms with van der Waals surface area (Å²) in [6.45, 7) is 6.07. The van der Waals surface area contributed by atoms with Gasteiger partial charge >= 0.3 is 11.9 Å². The molecular formula is C14H22O4. The van der Waals surface area contributed by atoms with Gasteiger partial charge in [0.1, 0.15) is 0 Å². The van der Waals surface area contributed by atoms with Crippen molar-refractivity contribution in [1.82, 2.24) is 0 Å². The first-order valence-corrected chi connectivity index (χ1v) is 6.64. The van der Waals surface area contributed by atoms with Crippen LogP contribution in [-0.2, 0) is 19.1 Å². The van der Waals surface area contributed by atoms with Gasteiger partial charge in [0.25, 0.3) is 0 Å². The summed E-state index contributed by atoms with van der Waals surface area (Å²) >= 11 is 0. The van der Waals surface area contributed by atoms with Crippen molar-refractivity contribution in [3.8, 4) is 0 Å². The van der Waals surface area contributed by atoms with E-state index in [0.29, 0.717) is 6.42 Å². The van der Waals surface area contributed by atoms with Gasteiger partial charge in [0.05, 0.1) is 13.2 Å². The van der Waals surface area contributed by atoms with E-state index in [-0.39, 0.29) is 19.1 Å². The quantitative estimate of drug-likeness (QED) is 0.415. The van der Waals surface area contributed by atoms with E-state index in [9.17, 15) is 9.59 Å². The van der Waals surface area contributed by atoms with Gasteiger partial charge in [-0.15, -0.1) is 0 Å². The number of ether oxygens (including phenoxy) is 2. The van der Waals surface area contributed by atoms with Gasteiger partial charge in [0, 0.05) is 5.92 Å². The molecule has 4 heteroatoms. The van der Waals surface area contributed by atoms with Crippen LogP contribution in [0.25, 0.3) is 0 Å². The van der Waals surface area contributed by atoms with E-state index in [4.69, 9.17) is 9.47 Å². The molecule has 0 heterocycles. The standard InChI is InChI=1S/C14H22O4/c1-4-7-8-11-9-10-14(11,12(15)17-5-2)13(16)18-6-3/h7-8,11H,4-6,9-10H2,1-3H3/b8-7+/t11-/m0/s1. The highest BCUT2D eigenvalue weighted by Gasteiger charge is 2.59. The molecule has 0 saturated heterocycles. The van der Waals surface area contributed by atoms with Crippen LogP contribution >= 0.6 is 0 Å². The van der Waals surface area contributed by atoms with Crippen molar-refractivity contribution in [3.63, 3.8) is 0 Å². The summed E-state index contributed by atoms with van der Waals surface area (Å²) in [5, 5.41) is 0. The minimum absolute atomic E-state index is 0.0875. The van der Waals surface area contributed by atoms with Crippen molar-refractivity contribution in [2.75, 3.05) is 13.2 Å². The molecule has 0 N–H and O–H groups in total. The minimum atomic E-state index is -1.10. The Kier molecular flexibility index (Phi) is 5.38. The first-order chi connectivity index (χ1) is 8.63. The van der Waals surface area contributed by atoms with Gasteiger partial charge in [0.15, 0.2) is 5.41 Å². The van der Waals surface area contributed by atoms with E-state index in [1.807, 2.05) is 19.1 Å². The maximum Gasteiger partial charge on any atom is 0.324 e. The summed E-state index contributed by atoms with van der Waals surface area (Å²) in [4.78, 5) is 24.2. The van der Waals surface area contributed by atoms with E-state index in [2.05, 4.69) is 0 Å². The van der Waals surface area contributed by atoms with Crippen LogP contribution in [0.3, 0.4) is 0 Å². The molecule has 4 nitrogen and oxygen atoms in total. The van der Waals surface area contributed by atoms with Crippen molar-refractivity contribution < 1.29 is 19.1 Å². The van der Waals surface area contributed by atoms with Crippen LogP contribution in [0, 0.1) is 11.3 Å². The topological polar surface area (TPSA) is 52.6 Å². The molecule has 1 aliphatic rings. The molecule has 1 aliphatic carbocycles. The van der Waals surface area contributed by atoms with Crippen LogP contribution in [-0.4, -0.2) is 25.2 Å². The molecule has 0 spiro atoms. The van der Waals surface area contributed by atoms with Crippen molar-refractivity contribution in [2.45, 2.75) is 40.0 Å². The fourth-order valence-corrected chi connectivity index (χ4v) is 2.27. The second kappa shape index (κ2) is 6.57. The van der Waals surface area contributed by atoms with Gasteiger partial charge in [-0.2, -0.15) is 0 Å². The summed E-state index contributed by atoms with van der Waals surface area (Å²) in [7, 11) is 0. The van der Waals surface area contributed by atoms with E-state index in [1.165, 1.54) is 0 Å². The smallest absolute Gasteiger partial charge is 0.324 e. The molecule has 0 bridgehead atoms. The van der Waals surface area contributed by atoms with Crippen LogP contribution in [0.15, 0.2) is 12.2 Å². The first-order valence-electron chi connectivity index (χ1n) is 6.64. The number of hydrogen-bond donors (Lipinski definition) is 0. The summed E-state index contributed by atoms with van der Waals surface area (Å²) in [5.41, 5.74) is -1.10. The number of carbonyl (C=O) groups is 2. The second-order valence-corrected chi connectivity index (χ2v) is 4.39. The number of hydrogen-bond acceptors (Lipinski definition) is 4.